The fourth-order valence-corrected chi connectivity index (χ4v) is 3.29. The normalized spacial score (nSPS) is 16.0. The van der Waals surface area contributed by atoms with Crippen molar-refractivity contribution in [2.24, 2.45) is 0 Å². The Morgan fingerprint density at radius 3 is 2.04 bits per heavy atom. The second kappa shape index (κ2) is 21.9. The van der Waals surface area contributed by atoms with Crippen LogP contribution in [-0.2, 0) is 9.05 Å². The van der Waals surface area contributed by atoms with Crippen LogP contribution in [0.3, 0.4) is 0 Å². The van der Waals surface area contributed by atoms with Crippen LogP contribution in [-0.4, -0.2) is 12.2 Å². The van der Waals surface area contributed by atoms with Gasteiger partial charge in [-0.1, -0.05) is 102 Å². The van der Waals surface area contributed by atoms with Gasteiger partial charge in [0.2, 0.25) is 0 Å². The Morgan fingerprint density at radius 2 is 1.44 bits per heavy atom. The molecule has 0 saturated carbocycles. The van der Waals surface area contributed by atoms with E-state index in [0.29, 0.717) is 8.50 Å². The number of hydrogen-bond acceptors (Lipinski definition) is 2. The average molecular weight is 426 g/mol. The van der Waals surface area contributed by atoms with Crippen LogP contribution in [0.4, 0.5) is 0 Å². The summed E-state index contributed by atoms with van der Waals surface area (Å²) >= 11 is 0. The third-order valence-electron chi connectivity index (χ3n) is 3.60. The molecule has 5 heteroatoms. The minimum absolute atomic E-state index is 0.137. The lowest BCUT2D eigenvalue weighted by Crippen LogP contribution is -2.01. The van der Waals surface area contributed by atoms with Crippen LogP contribution in [0.25, 0.3) is 0 Å². The van der Waals surface area contributed by atoms with E-state index in [1.54, 1.807) is 0 Å². The summed E-state index contributed by atoms with van der Waals surface area (Å²) in [4.78, 5) is 0. The van der Waals surface area contributed by atoms with E-state index < -0.39 is 0 Å². The van der Waals surface area contributed by atoms with Gasteiger partial charge >= 0.3 is 0 Å². The van der Waals surface area contributed by atoms with Crippen LogP contribution in [0.1, 0.15) is 52.4 Å². The summed E-state index contributed by atoms with van der Waals surface area (Å²) in [7, 11) is 5.41. The Labute approximate surface area is 173 Å². The molecule has 0 radical (unpaired) electrons. The molecule has 0 aliphatic carbocycles. The summed E-state index contributed by atoms with van der Waals surface area (Å²) < 4.78 is 11.0. The molecule has 5 unspecified atom stereocenters. The molecule has 0 aromatic carbocycles. The molecular weight excluding hydrogens is 389 g/mol. The van der Waals surface area contributed by atoms with Crippen molar-refractivity contribution in [3.8, 4) is 0 Å². The van der Waals surface area contributed by atoms with Gasteiger partial charge in [-0.2, -0.15) is 0 Å². The summed E-state index contributed by atoms with van der Waals surface area (Å²) in [6.45, 7) is 4.31. The molecule has 0 aromatic heterocycles. The summed E-state index contributed by atoms with van der Waals surface area (Å²) in [6.07, 6.45) is 32.0. The molecule has 0 amide bonds. The van der Waals surface area contributed by atoms with Gasteiger partial charge < -0.3 is 9.05 Å². The van der Waals surface area contributed by atoms with E-state index in [1.807, 2.05) is 0 Å². The van der Waals surface area contributed by atoms with E-state index in [1.165, 1.54) is 0 Å². The summed E-state index contributed by atoms with van der Waals surface area (Å²) in [5.74, 6) is 0. The summed E-state index contributed by atoms with van der Waals surface area (Å²) in [6, 6.07) is 0. The molecule has 0 N–H and O–H groups in total. The summed E-state index contributed by atoms with van der Waals surface area (Å²) in [5.41, 5.74) is 0. The molecule has 0 saturated heterocycles. The van der Waals surface area contributed by atoms with Gasteiger partial charge in [-0.3, -0.25) is 0 Å². The van der Waals surface area contributed by atoms with Crippen molar-refractivity contribution in [3.63, 3.8) is 0 Å². The fourth-order valence-electron chi connectivity index (χ4n) is 2.18. The minimum atomic E-state index is 0.137. The first-order valence-corrected chi connectivity index (χ1v) is 12.9. The highest BCUT2D eigenvalue weighted by molar-refractivity contribution is 8.00. The van der Waals surface area contributed by atoms with E-state index in [9.17, 15) is 0 Å². The van der Waals surface area contributed by atoms with Crippen molar-refractivity contribution < 1.29 is 9.05 Å². The molecule has 0 bridgehead atoms. The van der Waals surface area contributed by atoms with Crippen molar-refractivity contribution in [3.05, 3.63) is 72.9 Å². The molecule has 0 spiro atoms. The highest BCUT2D eigenvalue weighted by Crippen LogP contribution is 2.25. The van der Waals surface area contributed by atoms with Crippen LogP contribution in [0.5, 0.6) is 0 Å². The fraction of sp³-hybridized carbons (Fsp3) is 0.455. The van der Waals surface area contributed by atoms with Crippen molar-refractivity contribution in [2.45, 2.75) is 64.6 Å². The SMILES string of the molecule is CCC=CCC=CCC(C=CC=CCC=CC=CC(CCC)OP)OPP. The average Bonchev–Trinajstić information content (AvgIpc) is 2.68. The maximum atomic E-state index is 5.75. The molecular formula is C22H37O2P3. The van der Waals surface area contributed by atoms with Gasteiger partial charge in [0.1, 0.15) is 0 Å². The zero-order chi connectivity index (χ0) is 20.0. The molecule has 0 rings (SSSR count). The van der Waals surface area contributed by atoms with Gasteiger partial charge in [0.25, 0.3) is 0 Å². The first-order valence-electron chi connectivity index (χ1n) is 9.71. The van der Waals surface area contributed by atoms with Gasteiger partial charge in [-0.05, 0) is 32.1 Å². The zero-order valence-corrected chi connectivity index (χ0v) is 20.1. The van der Waals surface area contributed by atoms with E-state index in [-0.39, 0.29) is 12.2 Å². The highest BCUT2D eigenvalue weighted by atomic mass is 32.0. The largest absolute Gasteiger partial charge is 0.358 e. The maximum Gasteiger partial charge on any atom is 0.0836 e. The predicted molar refractivity (Wildman–Crippen MR) is 131 cm³/mol. The second-order valence-corrected chi connectivity index (χ2v) is 7.37. The molecule has 0 heterocycles. The smallest absolute Gasteiger partial charge is 0.0836 e. The number of hydrogen-bond donors (Lipinski definition) is 0. The number of rotatable bonds is 16. The standard InChI is InChI=1S/C22H37O2P3/c1-3-5-6-7-11-15-19-22(24-27-26)20-16-13-10-8-9-12-14-18-21(23-25)17-4-2/h5-6,9-16,18,20-22,27H,3-4,7-8,17,19,25-26H2,1-2H3. The van der Waals surface area contributed by atoms with E-state index in [0.717, 1.165) is 38.5 Å². The van der Waals surface area contributed by atoms with Gasteiger partial charge in [-0.15, -0.1) is 0 Å². The highest BCUT2D eigenvalue weighted by Gasteiger charge is 2.00. The Balaban J connectivity index is 4.15. The van der Waals surface area contributed by atoms with Crippen LogP contribution >= 0.6 is 26.9 Å². The Hall–Kier alpha value is -0.350. The second-order valence-electron chi connectivity index (χ2n) is 5.92. The van der Waals surface area contributed by atoms with E-state index in [2.05, 4.69) is 105 Å². The van der Waals surface area contributed by atoms with E-state index >= 15 is 0 Å². The predicted octanol–water partition coefficient (Wildman–Crippen LogP) is 7.65. The molecule has 152 valence electrons. The molecule has 0 aromatic rings. The third-order valence-corrected chi connectivity index (χ3v) is 4.79. The van der Waals surface area contributed by atoms with Crippen molar-refractivity contribution in [1.29, 1.82) is 0 Å². The molecule has 0 aliphatic rings. The molecule has 2 nitrogen and oxygen atoms in total. The molecule has 5 atom stereocenters. The van der Waals surface area contributed by atoms with Crippen LogP contribution in [0.15, 0.2) is 72.9 Å². The maximum absolute atomic E-state index is 5.75. The Bertz CT molecular complexity index is 494. The van der Waals surface area contributed by atoms with Crippen molar-refractivity contribution in [1.82, 2.24) is 0 Å². The van der Waals surface area contributed by atoms with Crippen molar-refractivity contribution >= 4 is 26.9 Å². The summed E-state index contributed by atoms with van der Waals surface area (Å²) in [5, 5.41) is 0. The van der Waals surface area contributed by atoms with Crippen LogP contribution in [0, 0.1) is 0 Å². The van der Waals surface area contributed by atoms with Gasteiger partial charge in [0, 0.05) is 18.0 Å². The topological polar surface area (TPSA) is 18.5 Å². The van der Waals surface area contributed by atoms with Crippen molar-refractivity contribution in [2.75, 3.05) is 0 Å². The first-order chi connectivity index (χ1) is 13.3. The van der Waals surface area contributed by atoms with Gasteiger partial charge in [-0.25, -0.2) is 0 Å². The van der Waals surface area contributed by atoms with Crippen LogP contribution in [0.2, 0.25) is 0 Å². The zero-order valence-electron chi connectivity index (χ0n) is 16.8. The minimum Gasteiger partial charge on any atom is -0.358 e. The first kappa shape index (κ1) is 26.6. The lowest BCUT2D eigenvalue weighted by atomic mass is 10.2. The lowest BCUT2D eigenvalue weighted by molar-refractivity contribution is 0.279. The van der Waals surface area contributed by atoms with E-state index in [4.69, 9.17) is 9.05 Å². The molecule has 0 fully saturated rings. The monoisotopic (exact) mass is 426 g/mol. The van der Waals surface area contributed by atoms with Crippen LogP contribution < -0.4 is 0 Å². The number of allylic oxidation sites excluding steroid dienone is 9. The Kier molecular flexibility index (Phi) is 21.7. The lowest BCUT2D eigenvalue weighted by Gasteiger charge is -2.09. The molecule has 0 aliphatic heterocycles. The van der Waals surface area contributed by atoms with Gasteiger partial charge in [0.05, 0.1) is 12.2 Å². The Morgan fingerprint density at radius 1 is 0.815 bits per heavy atom. The molecule has 27 heavy (non-hydrogen) atoms. The van der Waals surface area contributed by atoms with Gasteiger partial charge in [0.15, 0.2) is 0 Å². The third kappa shape index (κ3) is 18.8. The quantitative estimate of drug-likeness (QED) is 0.143.